The molecule has 7 nitrogen and oxygen atoms in total. The molecule has 0 bridgehead atoms. The van der Waals surface area contributed by atoms with Gasteiger partial charge in [-0.2, -0.15) is 0 Å². The van der Waals surface area contributed by atoms with Crippen LogP contribution in [-0.2, 0) is 16.2 Å². The number of ether oxygens (including phenoxy) is 2. The molecule has 1 saturated heterocycles. The monoisotopic (exact) mass is 698 g/mol. The van der Waals surface area contributed by atoms with Crippen molar-refractivity contribution >= 4 is 95.6 Å². The van der Waals surface area contributed by atoms with Gasteiger partial charge in [0, 0.05) is 16.3 Å². The summed E-state index contributed by atoms with van der Waals surface area (Å²) in [5.41, 5.74) is 1.90. The van der Waals surface area contributed by atoms with Gasteiger partial charge in [0.05, 0.1) is 26.0 Å². The van der Waals surface area contributed by atoms with Crippen LogP contribution in [0.4, 0.5) is 10.5 Å². The number of imide groups is 1. The Bertz CT molecular complexity index is 1440. The summed E-state index contributed by atoms with van der Waals surface area (Å²) in [5, 5.41) is 3.01. The molecule has 0 unspecified atom stereocenters. The van der Waals surface area contributed by atoms with E-state index < -0.39 is 23.6 Å². The van der Waals surface area contributed by atoms with Gasteiger partial charge < -0.3 is 14.8 Å². The van der Waals surface area contributed by atoms with E-state index in [2.05, 4.69) is 37.2 Å². The molecule has 1 fully saturated rings. The number of anilines is 1. The molecule has 1 heterocycles. The van der Waals surface area contributed by atoms with E-state index in [-0.39, 0.29) is 11.5 Å². The fourth-order valence-electron chi connectivity index (χ4n) is 3.44. The van der Waals surface area contributed by atoms with Gasteiger partial charge in [0.25, 0.3) is 11.1 Å². The highest BCUT2D eigenvalue weighted by Crippen LogP contribution is 2.38. The Morgan fingerprint density at radius 3 is 2.42 bits per heavy atom. The van der Waals surface area contributed by atoms with Crippen LogP contribution in [0.15, 0.2) is 68.4 Å². The van der Waals surface area contributed by atoms with Gasteiger partial charge in [0.2, 0.25) is 5.91 Å². The van der Waals surface area contributed by atoms with Crippen LogP contribution in [0.1, 0.15) is 11.1 Å². The maximum absolute atomic E-state index is 12.9. The van der Waals surface area contributed by atoms with Crippen LogP contribution in [0.25, 0.3) is 6.08 Å². The fraction of sp³-hybridized carbons (Fsp3) is 0.115. The molecule has 0 saturated carbocycles. The molecule has 196 valence electrons. The third-order valence-electron chi connectivity index (χ3n) is 5.26. The van der Waals surface area contributed by atoms with Gasteiger partial charge in [-0.15, -0.1) is 0 Å². The van der Waals surface area contributed by atoms with Crippen molar-refractivity contribution in [2.75, 3.05) is 19.0 Å². The van der Waals surface area contributed by atoms with Crippen LogP contribution in [-0.4, -0.2) is 35.6 Å². The number of benzene rings is 3. The largest absolute Gasteiger partial charge is 0.495 e. The van der Waals surface area contributed by atoms with E-state index in [0.29, 0.717) is 41.7 Å². The van der Waals surface area contributed by atoms with E-state index in [0.717, 1.165) is 22.2 Å². The molecule has 12 heteroatoms. The van der Waals surface area contributed by atoms with Crippen LogP contribution in [0.2, 0.25) is 10.0 Å². The normalized spacial score (nSPS) is 14.2. The van der Waals surface area contributed by atoms with Crippen molar-refractivity contribution in [3.8, 4) is 11.5 Å². The minimum absolute atomic E-state index is 0.193. The standard InChI is InChI=1S/C26H18Br2Cl2N2O5S/c1-36-21-7-6-16(11-20(21)30)31-23(33)12-32-25(34)22(38-26(32)35)10-14-8-17(27)24(18(28)9-14)37-13-15-4-2-3-5-19(15)29/h2-11H,12-13H2,1H3,(H,31,33)/b22-10+. The molecule has 3 amide bonds. The first-order valence-electron chi connectivity index (χ1n) is 10.9. The molecule has 0 aromatic heterocycles. The lowest BCUT2D eigenvalue weighted by Gasteiger charge is -2.13. The van der Waals surface area contributed by atoms with Crippen LogP contribution in [0.3, 0.4) is 0 Å². The molecule has 1 aliphatic heterocycles. The van der Waals surface area contributed by atoms with E-state index in [4.69, 9.17) is 32.7 Å². The first-order chi connectivity index (χ1) is 18.2. The Labute approximate surface area is 249 Å². The summed E-state index contributed by atoms with van der Waals surface area (Å²) < 4.78 is 12.3. The zero-order valence-electron chi connectivity index (χ0n) is 19.6. The highest BCUT2D eigenvalue weighted by atomic mass is 79.9. The number of halogens is 4. The number of thioether (sulfide) groups is 1. The number of nitrogens with one attached hydrogen (secondary N) is 1. The summed E-state index contributed by atoms with van der Waals surface area (Å²) in [7, 11) is 1.48. The van der Waals surface area contributed by atoms with Gasteiger partial charge in [-0.05, 0) is 91.7 Å². The van der Waals surface area contributed by atoms with Crippen molar-refractivity contribution in [2.24, 2.45) is 0 Å². The average Bonchev–Trinajstić information content (AvgIpc) is 3.12. The SMILES string of the molecule is COc1ccc(NC(=O)CN2C(=O)S/C(=C/c3cc(Br)c(OCc4ccccc4Cl)c(Br)c3)C2=O)cc1Cl. The van der Waals surface area contributed by atoms with E-state index in [1.165, 1.54) is 13.2 Å². The van der Waals surface area contributed by atoms with Crippen LogP contribution >= 0.6 is 66.8 Å². The first-order valence-corrected chi connectivity index (χ1v) is 14.1. The van der Waals surface area contributed by atoms with E-state index in [1.54, 1.807) is 36.4 Å². The molecule has 0 atom stereocenters. The summed E-state index contributed by atoms with van der Waals surface area (Å²) in [4.78, 5) is 39.0. The summed E-state index contributed by atoms with van der Waals surface area (Å²) >= 11 is 20.1. The van der Waals surface area contributed by atoms with Crippen molar-refractivity contribution in [3.05, 3.63) is 89.6 Å². The zero-order chi connectivity index (χ0) is 27.4. The Hall–Kier alpha value is -2.50. The number of rotatable bonds is 8. The van der Waals surface area contributed by atoms with Gasteiger partial charge in [-0.3, -0.25) is 19.3 Å². The maximum atomic E-state index is 12.9. The molecule has 1 aliphatic rings. The Balaban J connectivity index is 1.43. The minimum Gasteiger partial charge on any atom is -0.495 e. The summed E-state index contributed by atoms with van der Waals surface area (Å²) in [5.74, 6) is -0.0841. The molecular formula is C26H18Br2Cl2N2O5S. The van der Waals surface area contributed by atoms with Gasteiger partial charge in [0.15, 0.2) is 0 Å². The molecule has 38 heavy (non-hydrogen) atoms. The number of amides is 3. The summed E-state index contributed by atoms with van der Waals surface area (Å²) in [6, 6.07) is 15.6. The van der Waals surface area contributed by atoms with Crippen molar-refractivity contribution in [2.45, 2.75) is 6.61 Å². The average molecular weight is 701 g/mol. The molecule has 0 radical (unpaired) electrons. The third-order valence-corrected chi connectivity index (χ3v) is 8.01. The smallest absolute Gasteiger partial charge is 0.294 e. The summed E-state index contributed by atoms with van der Waals surface area (Å²) in [6.07, 6.45) is 1.58. The Kier molecular flexibility index (Phi) is 9.43. The lowest BCUT2D eigenvalue weighted by atomic mass is 10.2. The quantitative estimate of drug-likeness (QED) is 0.242. The highest BCUT2D eigenvalue weighted by molar-refractivity contribution is 9.11. The minimum atomic E-state index is -0.561. The van der Waals surface area contributed by atoms with Crippen molar-refractivity contribution in [1.29, 1.82) is 0 Å². The molecule has 3 aromatic rings. The zero-order valence-corrected chi connectivity index (χ0v) is 25.1. The molecule has 0 aliphatic carbocycles. The predicted octanol–water partition coefficient (Wildman–Crippen LogP) is 7.78. The van der Waals surface area contributed by atoms with E-state index in [1.807, 2.05) is 18.2 Å². The van der Waals surface area contributed by atoms with Gasteiger partial charge in [-0.1, -0.05) is 41.4 Å². The molecule has 4 rings (SSSR count). The second-order valence-electron chi connectivity index (χ2n) is 7.86. The topological polar surface area (TPSA) is 84.9 Å². The Morgan fingerprint density at radius 1 is 1.05 bits per heavy atom. The lowest BCUT2D eigenvalue weighted by molar-refractivity contribution is -0.127. The van der Waals surface area contributed by atoms with Crippen molar-refractivity contribution in [1.82, 2.24) is 4.90 Å². The van der Waals surface area contributed by atoms with Gasteiger partial charge >= 0.3 is 0 Å². The lowest BCUT2D eigenvalue weighted by Crippen LogP contribution is -2.36. The third kappa shape index (κ3) is 6.73. The Morgan fingerprint density at radius 2 is 1.76 bits per heavy atom. The van der Waals surface area contributed by atoms with E-state index >= 15 is 0 Å². The molecular weight excluding hydrogens is 683 g/mol. The highest BCUT2D eigenvalue weighted by Gasteiger charge is 2.36. The number of hydrogen-bond donors (Lipinski definition) is 1. The summed E-state index contributed by atoms with van der Waals surface area (Å²) in [6.45, 7) is -0.173. The molecule has 1 N–H and O–H groups in total. The number of methoxy groups -OCH3 is 1. The van der Waals surface area contributed by atoms with Crippen molar-refractivity contribution < 1.29 is 23.9 Å². The number of carbonyl (C=O) groups excluding carboxylic acids is 3. The van der Waals surface area contributed by atoms with E-state index in [9.17, 15) is 14.4 Å². The van der Waals surface area contributed by atoms with Crippen molar-refractivity contribution in [3.63, 3.8) is 0 Å². The van der Waals surface area contributed by atoms with Gasteiger partial charge in [0.1, 0.15) is 24.7 Å². The molecule has 0 spiro atoms. The number of carbonyl (C=O) groups is 3. The van der Waals surface area contributed by atoms with Crippen LogP contribution < -0.4 is 14.8 Å². The first kappa shape index (κ1) is 28.5. The second kappa shape index (κ2) is 12.6. The predicted molar refractivity (Wildman–Crippen MR) is 157 cm³/mol. The number of nitrogens with zero attached hydrogens (tertiary/aromatic N) is 1. The fourth-order valence-corrected chi connectivity index (χ4v) is 6.18. The van der Waals surface area contributed by atoms with Gasteiger partial charge in [-0.25, -0.2) is 0 Å². The maximum Gasteiger partial charge on any atom is 0.294 e. The number of hydrogen-bond acceptors (Lipinski definition) is 6. The van der Waals surface area contributed by atoms with Crippen LogP contribution in [0.5, 0.6) is 11.5 Å². The molecule has 3 aromatic carbocycles. The second-order valence-corrected chi connectivity index (χ2v) is 11.4. The van der Waals surface area contributed by atoms with Crippen LogP contribution in [0, 0.1) is 0 Å².